The molecule has 3 rings (SSSR count). The number of amides is 1. The number of aromatic nitrogens is 2. The minimum Gasteiger partial charge on any atom is -0.373 e. The van der Waals surface area contributed by atoms with E-state index in [1.807, 2.05) is 37.3 Å². The van der Waals surface area contributed by atoms with Crippen molar-refractivity contribution < 1.29 is 4.79 Å². The highest BCUT2D eigenvalue weighted by Crippen LogP contribution is 2.30. The summed E-state index contributed by atoms with van der Waals surface area (Å²) in [7, 11) is 4.22. The Morgan fingerprint density at radius 1 is 1.10 bits per heavy atom. The number of aromatic amines is 1. The van der Waals surface area contributed by atoms with Gasteiger partial charge in [0.05, 0.1) is 6.20 Å². The molecule has 31 heavy (non-hydrogen) atoms. The molecule has 1 aromatic heterocycles. The Bertz CT molecular complexity index is 1020. The summed E-state index contributed by atoms with van der Waals surface area (Å²) in [5.41, 5.74) is 5.13. The first-order valence-electron chi connectivity index (χ1n) is 10.5. The Balaban J connectivity index is 1.61. The van der Waals surface area contributed by atoms with Crippen molar-refractivity contribution in [2.75, 3.05) is 38.6 Å². The van der Waals surface area contributed by atoms with Gasteiger partial charge in [0, 0.05) is 48.5 Å². The summed E-state index contributed by atoms with van der Waals surface area (Å²) in [5.74, 6) is -0.215. The number of hydrogen-bond acceptors (Lipinski definition) is 4. The van der Waals surface area contributed by atoms with Crippen molar-refractivity contribution in [1.29, 1.82) is 0 Å². The molecular formula is C24H30ClN5O. The van der Waals surface area contributed by atoms with Crippen molar-refractivity contribution in [3.8, 4) is 11.1 Å². The number of nitrogens with zero attached hydrogens (tertiary/aromatic N) is 3. The zero-order valence-electron chi connectivity index (χ0n) is 18.6. The van der Waals surface area contributed by atoms with Crippen LogP contribution in [0.2, 0.25) is 5.02 Å². The lowest BCUT2D eigenvalue weighted by Crippen LogP contribution is -2.30. The molecule has 0 radical (unpaired) electrons. The molecule has 0 fully saturated rings. The Hall–Kier alpha value is -2.83. The van der Waals surface area contributed by atoms with Crippen molar-refractivity contribution in [2.24, 2.45) is 0 Å². The van der Waals surface area contributed by atoms with Crippen LogP contribution < -0.4 is 10.2 Å². The van der Waals surface area contributed by atoms with E-state index >= 15 is 0 Å². The maximum atomic E-state index is 12.8. The van der Waals surface area contributed by atoms with E-state index in [4.69, 9.17) is 11.6 Å². The summed E-state index contributed by atoms with van der Waals surface area (Å²) in [6.45, 7) is 7.59. The van der Waals surface area contributed by atoms with Crippen molar-refractivity contribution in [1.82, 2.24) is 20.4 Å². The summed E-state index contributed by atoms with van der Waals surface area (Å²) in [4.78, 5) is 17.3. The van der Waals surface area contributed by atoms with E-state index in [0.717, 1.165) is 42.0 Å². The molecule has 0 bridgehead atoms. The van der Waals surface area contributed by atoms with Crippen molar-refractivity contribution in [2.45, 2.75) is 20.4 Å². The van der Waals surface area contributed by atoms with Crippen LogP contribution in [0.25, 0.3) is 11.1 Å². The van der Waals surface area contributed by atoms with Gasteiger partial charge in [-0.15, -0.1) is 0 Å². The lowest BCUT2D eigenvalue weighted by Gasteiger charge is -2.23. The van der Waals surface area contributed by atoms with E-state index in [-0.39, 0.29) is 5.91 Å². The lowest BCUT2D eigenvalue weighted by atomic mass is 10.0. The molecule has 2 N–H and O–H groups in total. The van der Waals surface area contributed by atoms with Crippen molar-refractivity contribution in [3.63, 3.8) is 0 Å². The van der Waals surface area contributed by atoms with Gasteiger partial charge in [0.1, 0.15) is 5.69 Å². The van der Waals surface area contributed by atoms with Gasteiger partial charge in [-0.1, -0.05) is 42.8 Å². The molecule has 3 aromatic rings. The smallest absolute Gasteiger partial charge is 0.270 e. The zero-order chi connectivity index (χ0) is 22.4. The van der Waals surface area contributed by atoms with Crippen LogP contribution >= 0.6 is 11.6 Å². The summed E-state index contributed by atoms with van der Waals surface area (Å²) in [6.07, 6.45) is 1.63. The van der Waals surface area contributed by atoms with Crippen LogP contribution in [0.4, 0.5) is 5.69 Å². The molecule has 6 nitrogen and oxygen atoms in total. The third-order valence-electron chi connectivity index (χ3n) is 5.47. The monoisotopic (exact) mass is 439 g/mol. The molecule has 0 saturated carbocycles. The van der Waals surface area contributed by atoms with Crippen molar-refractivity contribution >= 4 is 23.2 Å². The molecule has 1 amide bonds. The molecule has 0 aliphatic rings. The van der Waals surface area contributed by atoms with E-state index in [1.165, 1.54) is 0 Å². The zero-order valence-corrected chi connectivity index (χ0v) is 19.3. The first kappa shape index (κ1) is 22.8. The van der Waals surface area contributed by atoms with Gasteiger partial charge < -0.3 is 15.1 Å². The van der Waals surface area contributed by atoms with Crippen LogP contribution in [0.15, 0.2) is 48.7 Å². The quantitative estimate of drug-likeness (QED) is 0.520. The summed E-state index contributed by atoms with van der Waals surface area (Å²) in [6, 6.07) is 14.0. The van der Waals surface area contributed by atoms with Crippen LogP contribution in [-0.4, -0.2) is 54.7 Å². The molecule has 0 atom stereocenters. The predicted molar refractivity (Wildman–Crippen MR) is 128 cm³/mol. The number of anilines is 1. The van der Waals surface area contributed by atoms with Crippen LogP contribution in [0.1, 0.15) is 28.5 Å². The molecule has 0 spiro atoms. The van der Waals surface area contributed by atoms with E-state index in [0.29, 0.717) is 22.8 Å². The van der Waals surface area contributed by atoms with Gasteiger partial charge in [-0.25, -0.2) is 0 Å². The molecule has 0 unspecified atom stereocenters. The summed E-state index contributed by atoms with van der Waals surface area (Å²) in [5, 5.41) is 10.4. The number of halogens is 1. The van der Waals surface area contributed by atoms with Gasteiger partial charge in [0.2, 0.25) is 0 Å². The lowest BCUT2D eigenvalue weighted by molar-refractivity contribution is 0.0946. The average molecular weight is 440 g/mol. The van der Waals surface area contributed by atoms with Crippen LogP contribution in [0.3, 0.4) is 0 Å². The predicted octanol–water partition coefficient (Wildman–Crippen LogP) is 4.36. The number of nitrogens with one attached hydrogen (secondary N) is 2. The molecule has 0 aliphatic carbocycles. The van der Waals surface area contributed by atoms with Crippen LogP contribution in [-0.2, 0) is 6.54 Å². The second-order valence-electron chi connectivity index (χ2n) is 7.81. The number of benzene rings is 2. The Morgan fingerprint density at radius 2 is 1.84 bits per heavy atom. The number of hydrogen-bond donors (Lipinski definition) is 2. The third kappa shape index (κ3) is 5.87. The molecule has 0 saturated heterocycles. The number of aryl methyl sites for hydroxylation is 1. The normalized spacial score (nSPS) is 11.0. The summed E-state index contributed by atoms with van der Waals surface area (Å²) < 4.78 is 0. The molecular weight excluding hydrogens is 410 g/mol. The van der Waals surface area contributed by atoms with Crippen LogP contribution in [0, 0.1) is 6.92 Å². The van der Waals surface area contributed by atoms with E-state index < -0.39 is 0 Å². The van der Waals surface area contributed by atoms with E-state index in [9.17, 15) is 4.79 Å². The van der Waals surface area contributed by atoms with Gasteiger partial charge in [0.25, 0.3) is 5.91 Å². The first-order valence-corrected chi connectivity index (χ1v) is 10.8. The third-order valence-corrected chi connectivity index (χ3v) is 5.78. The SMILES string of the molecule is CCN(C)CCN(C)c1ccc(CNC(=O)c2[nH]ncc2-c2ccc(C)cc2Cl)cc1. The molecule has 164 valence electrons. The number of carbonyl (C=O) groups excluding carboxylic acids is 1. The molecule has 2 aromatic carbocycles. The highest BCUT2D eigenvalue weighted by molar-refractivity contribution is 6.33. The molecule has 7 heteroatoms. The topological polar surface area (TPSA) is 64.3 Å². The van der Waals surface area contributed by atoms with Crippen LogP contribution in [0.5, 0.6) is 0 Å². The molecule has 1 heterocycles. The minimum atomic E-state index is -0.215. The Kier molecular flexibility index (Phi) is 7.71. The fraction of sp³-hybridized carbons (Fsp3) is 0.333. The number of rotatable bonds is 9. The number of carbonyl (C=O) groups is 1. The average Bonchev–Trinajstić information content (AvgIpc) is 3.25. The number of likely N-dealkylation sites (N-methyl/N-ethyl adjacent to an activating group) is 2. The first-order chi connectivity index (χ1) is 14.9. The largest absolute Gasteiger partial charge is 0.373 e. The maximum Gasteiger partial charge on any atom is 0.270 e. The Labute approximate surface area is 189 Å². The maximum absolute atomic E-state index is 12.8. The summed E-state index contributed by atoms with van der Waals surface area (Å²) >= 11 is 6.38. The minimum absolute atomic E-state index is 0.215. The van der Waals surface area contributed by atoms with E-state index in [1.54, 1.807) is 6.20 Å². The van der Waals surface area contributed by atoms with E-state index in [2.05, 4.69) is 58.5 Å². The van der Waals surface area contributed by atoms with Crippen molar-refractivity contribution in [3.05, 3.63) is 70.5 Å². The molecule has 0 aliphatic heterocycles. The van der Waals surface area contributed by atoms with Gasteiger partial charge in [-0.2, -0.15) is 5.10 Å². The number of H-pyrrole nitrogens is 1. The fourth-order valence-corrected chi connectivity index (χ4v) is 3.59. The van der Waals surface area contributed by atoms with Gasteiger partial charge in [-0.05, 0) is 49.8 Å². The Morgan fingerprint density at radius 3 is 2.52 bits per heavy atom. The highest BCUT2D eigenvalue weighted by atomic mass is 35.5. The van der Waals surface area contributed by atoms with Gasteiger partial charge >= 0.3 is 0 Å². The standard InChI is InChI=1S/C24H30ClN5O/c1-5-29(3)12-13-30(4)19-9-7-18(8-10-19)15-26-24(31)23-21(16-27-28-23)20-11-6-17(2)14-22(20)25/h6-11,14,16H,5,12-13,15H2,1-4H3,(H,26,31)(H,27,28). The van der Waals surface area contributed by atoms with Gasteiger partial charge in [0.15, 0.2) is 0 Å². The highest BCUT2D eigenvalue weighted by Gasteiger charge is 2.17. The van der Waals surface area contributed by atoms with Gasteiger partial charge in [-0.3, -0.25) is 9.89 Å². The second kappa shape index (κ2) is 10.5. The second-order valence-corrected chi connectivity index (χ2v) is 8.22. The fourth-order valence-electron chi connectivity index (χ4n) is 3.25.